The van der Waals surface area contributed by atoms with Crippen LogP contribution in [0.2, 0.25) is 0 Å². The van der Waals surface area contributed by atoms with Gasteiger partial charge < -0.3 is 0 Å². The summed E-state index contributed by atoms with van der Waals surface area (Å²) in [4.78, 5) is 11.7. The normalized spacial score (nSPS) is 43.9. The van der Waals surface area contributed by atoms with Crippen LogP contribution in [0.25, 0.3) is 0 Å². The molecule has 2 saturated carbocycles. The molecule has 0 spiro atoms. The fourth-order valence-corrected chi connectivity index (χ4v) is 3.82. The lowest BCUT2D eigenvalue weighted by atomic mass is 9.53. The van der Waals surface area contributed by atoms with E-state index in [1.54, 1.807) is 0 Å². The summed E-state index contributed by atoms with van der Waals surface area (Å²) in [6, 6.07) is 0. The number of hydrogen-bond donors (Lipinski definition) is 0. The fraction of sp³-hybridized carbons (Fsp3) is 0.800. The molecule has 0 saturated heterocycles. The topological polar surface area (TPSA) is 17.1 Å². The van der Waals surface area contributed by atoms with Crippen LogP contribution < -0.4 is 0 Å². The Kier molecular flexibility index (Phi) is 2.98. The second kappa shape index (κ2) is 4.01. The van der Waals surface area contributed by atoms with Crippen LogP contribution in [0.1, 0.15) is 52.9 Å². The number of Topliss-reactive ketones (excluding diaryl/α,β-unsaturated/α-hetero) is 1. The van der Waals surface area contributed by atoms with Crippen LogP contribution in [0.4, 0.5) is 0 Å². The van der Waals surface area contributed by atoms with E-state index in [0.717, 1.165) is 12.8 Å². The van der Waals surface area contributed by atoms with E-state index < -0.39 is 0 Å². The molecule has 0 bridgehead atoms. The third-order valence-electron chi connectivity index (χ3n) is 5.31. The first-order valence-corrected chi connectivity index (χ1v) is 6.60. The van der Waals surface area contributed by atoms with E-state index in [1.807, 2.05) is 0 Å². The van der Waals surface area contributed by atoms with Gasteiger partial charge in [0.25, 0.3) is 0 Å². The number of ketones is 1. The molecule has 90 valence electrons. The predicted octanol–water partition coefficient (Wildman–Crippen LogP) is 3.98. The maximum Gasteiger partial charge on any atom is 0.133 e. The van der Waals surface area contributed by atoms with Crippen molar-refractivity contribution in [2.75, 3.05) is 0 Å². The largest absolute Gasteiger partial charge is 0.300 e. The first kappa shape index (κ1) is 11.9. The van der Waals surface area contributed by atoms with Crippen LogP contribution in [0, 0.1) is 23.2 Å². The van der Waals surface area contributed by atoms with Crippen LogP contribution in [0.3, 0.4) is 0 Å². The Hall–Kier alpha value is -0.590. The summed E-state index contributed by atoms with van der Waals surface area (Å²) in [6.45, 7) is 11.0. The van der Waals surface area contributed by atoms with Gasteiger partial charge in [-0.2, -0.15) is 0 Å². The summed E-state index contributed by atoms with van der Waals surface area (Å²) in [5.41, 5.74) is 1.72. The van der Waals surface area contributed by atoms with Crippen molar-refractivity contribution in [2.45, 2.75) is 52.9 Å². The molecule has 2 aliphatic rings. The van der Waals surface area contributed by atoms with E-state index >= 15 is 0 Å². The SMILES string of the molecule is C=C(C)[C@@H]1CCC2CC(=O)C[C@@H](C)[C@]2(C)C1. The monoisotopic (exact) mass is 220 g/mol. The molecule has 1 heteroatoms. The van der Waals surface area contributed by atoms with Crippen molar-refractivity contribution in [2.24, 2.45) is 23.2 Å². The number of carbonyl (C=O) groups excluding carboxylic acids is 1. The van der Waals surface area contributed by atoms with E-state index in [-0.39, 0.29) is 0 Å². The van der Waals surface area contributed by atoms with Gasteiger partial charge in [-0.1, -0.05) is 26.0 Å². The summed E-state index contributed by atoms with van der Waals surface area (Å²) < 4.78 is 0. The van der Waals surface area contributed by atoms with Gasteiger partial charge in [-0.25, -0.2) is 0 Å². The Morgan fingerprint density at radius 1 is 1.38 bits per heavy atom. The van der Waals surface area contributed by atoms with Crippen molar-refractivity contribution in [1.82, 2.24) is 0 Å². The highest BCUT2D eigenvalue weighted by Crippen LogP contribution is 2.54. The smallest absolute Gasteiger partial charge is 0.133 e. The fourth-order valence-electron chi connectivity index (χ4n) is 3.82. The lowest BCUT2D eigenvalue weighted by molar-refractivity contribution is -0.130. The van der Waals surface area contributed by atoms with Crippen LogP contribution in [-0.2, 0) is 4.79 Å². The van der Waals surface area contributed by atoms with Gasteiger partial charge in [0.15, 0.2) is 0 Å². The molecule has 4 atom stereocenters. The zero-order valence-electron chi connectivity index (χ0n) is 10.9. The van der Waals surface area contributed by atoms with Crippen molar-refractivity contribution >= 4 is 5.78 Å². The molecular formula is C15H24O. The highest BCUT2D eigenvalue weighted by atomic mass is 16.1. The average Bonchev–Trinajstić information content (AvgIpc) is 2.19. The van der Waals surface area contributed by atoms with Gasteiger partial charge in [0.2, 0.25) is 0 Å². The quantitative estimate of drug-likeness (QED) is 0.611. The summed E-state index contributed by atoms with van der Waals surface area (Å²) in [5, 5.41) is 0. The Bertz CT molecular complexity index is 317. The van der Waals surface area contributed by atoms with Crippen molar-refractivity contribution < 1.29 is 4.79 Å². The number of carbonyl (C=O) groups is 1. The van der Waals surface area contributed by atoms with Crippen molar-refractivity contribution in [3.05, 3.63) is 12.2 Å². The van der Waals surface area contributed by atoms with Gasteiger partial charge >= 0.3 is 0 Å². The maximum absolute atomic E-state index is 11.7. The van der Waals surface area contributed by atoms with Crippen LogP contribution >= 0.6 is 0 Å². The number of hydrogen-bond acceptors (Lipinski definition) is 1. The van der Waals surface area contributed by atoms with Gasteiger partial charge in [0.1, 0.15) is 5.78 Å². The second-order valence-corrected chi connectivity index (χ2v) is 6.38. The van der Waals surface area contributed by atoms with Gasteiger partial charge in [0.05, 0.1) is 0 Å². The van der Waals surface area contributed by atoms with Gasteiger partial charge in [-0.15, -0.1) is 0 Å². The standard InChI is InChI=1S/C15H24O/c1-10(2)12-5-6-13-8-14(16)7-11(3)15(13,4)9-12/h11-13H,1,5-9H2,2-4H3/t11-,12-,13?,15+/m1/s1. The zero-order valence-corrected chi connectivity index (χ0v) is 10.9. The highest BCUT2D eigenvalue weighted by molar-refractivity contribution is 5.80. The van der Waals surface area contributed by atoms with Crippen molar-refractivity contribution in [3.63, 3.8) is 0 Å². The van der Waals surface area contributed by atoms with E-state index in [1.165, 1.54) is 24.8 Å². The Balaban J connectivity index is 2.19. The molecule has 1 nitrogen and oxygen atoms in total. The molecule has 0 aliphatic heterocycles. The van der Waals surface area contributed by atoms with E-state index in [2.05, 4.69) is 27.4 Å². The van der Waals surface area contributed by atoms with E-state index in [0.29, 0.717) is 29.0 Å². The van der Waals surface area contributed by atoms with Gasteiger partial charge in [-0.05, 0) is 49.4 Å². The molecule has 2 rings (SSSR count). The number of allylic oxidation sites excluding steroid dienone is 1. The average molecular weight is 220 g/mol. The molecule has 2 aliphatic carbocycles. The molecule has 0 aromatic carbocycles. The lowest BCUT2D eigenvalue weighted by Crippen LogP contribution is -2.45. The van der Waals surface area contributed by atoms with Crippen molar-refractivity contribution in [3.8, 4) is 0 Å². The number of fused-ring (bicyclic) bond motifs is 1. The summed E-state index contributed by atoms with van der Waals surface area (Å²) >= 11 is 0. The molecule has 0 aromatic rings. The first-order valence-electron chi connectivity index (χ1n) is 6.60. The minimum absolute atomic E-state index is 0.385. The molecule has 0 heterocycles. The summed E-state index contributed by atoms with van der Waals surface area (Å²) in [6.07, 6.45) is 5.36. The third kappa shape index (κ3) is 1.85. The molecule has 0 radical (unpaired) electrons. The van der Waals surface area contributed by atoms with Crippen LogP contribution in [0.15, 0.2) is 12.2 Å². The minimum Gasteiger partial charge on any atom is -0.300 e. The third-order valence-corrected chi connectivity index (χ3v) is 5.31. The lowest BCUT2D eigenvalue weighted by Gasteiger charge is -2.51. The molecule has 0 aromatic heterocycles. The van der Waals surface area contributed by atoms with Gasteiger partial charge in [0, 0.05) is 12.8 Å². The summed E-state index contributed by atoms with van der Waals surface area (Å²) in [7, 11) is 0. The molecule has 2 fully saturated rings. The van der Waals surface area contributed by atoms with E-state index in [9.17, 15) is 4.79 Å². The molecule has 0 N–H and O–H groups in total. The van der Waals surface area contributed by atoms with E-state index in [4.69, 9.17) is 0 Å². The molecule has 16 heavy (non-hydrogen) atoms. The molecule has 0 amide bonds. The maximum atomic E-state index is 11.7. The Morgan fingerprint density at radius 3 is 2.69 bits per heavy atom. The summed E-state index contributed by atoms with van der Waals surface area (Å²) in [5.74, 6) is 2.38. The van der Waals surface area contributed by atoms with Crippen LogP contribution in [-0.4, -0.2) is 5.78 Å². The van der Waals surface area contributed by atoms with Crippen molar-refractivity contribution in [1.29, 1.82) is 0 Å². The predicted molar refractivity (Wildman–Crippen MR) is 67.2 cm³/mol. The van der Waals surface area contributed by atoms with Crippen LogP contribution in [0.5, 0.6) is 0 Å². The zero-order chi connectivity index (χ0) is 11.9. The number of rotatable bonds is 1. The second-order valence-electron chi connectivity index (χ2n) is 6.38. The highest BCUT2D eigenvalue weighted by Gasteiger charge is 2.47. The molecular weight excluding hydrogens is 196 g/mol. The Morgan fingerprint density at radius 2 is 2.06 bits per heavy atom. The molecule has 1 unspecified atom stereocenters. The minimum atomic E-state index is 0.385. The first-order chi connectivity index (χ1) is 7.43. The Labute approximate surface area is 99.3 Å². The van der Waals surface area contributed by atoms with Gasteiger partial charge in [-0.3, -0.25) is 4.79 Å².